The Balaban J connectivity index is 1.64. The van der Waals surface area contributed by atoms with Crippen LogP contribution in [0.15, 0.2) is 52.3 Å². The number of sulfonamides is 1. The van der Waals surface area contributed by atoms with Gasteiger partial charge in [0.05, 0.1) is 9.92 Å². The largest absolute Gasteiger partial charge is 0.341 e. The maximum Gasteiger partial charge on any atom is 0.341 e. The molecule has 12 heteroatoms. The van der Waals surface area contributed by atoms with Gasteiger partial charge in [-0.05, 0) is 35.9 Å². The van der Waals surface area contributed by atoms with Gasteiger partial charge in [-0.3, -0.25) is 4.90 Å². The minimum atomic E-state index is -4.62. The minimum absolute atomic E-state index is 0.0408. The summed E-state index contributed by atoms with van der Waals surface area (Å²) >= 11 is 11.9. The van der Waals surface area contributed by atoms with E-state index in [2.05, 4.69) is 0 Å². The predicted octanol–water partition coefficient (Wildman–Crippen LogP) is 3.50. The number of rotatable bonds is 6. The molecular weight excluding hydrogens is 481 g/mol. The lowest BCUT2D eigenvalue weighted by Gasteiger charge is -2.34. The van der Waals surface area contributed by atoms with E-state index >= 15 is 0 Å². The second-order valence-corrected chi connectivity index (χ2v) is 11.4. The highest BCUT2D eigenvalue weighted by molar-refractivity contribution is 7.91. The van der Waals surface area contributed by atoms with Crippen molar-refractivity contribution in [3.63, 3.8) is 0 Å². The molecule has 2 aromatic rings. The van der Waals surface area contributed by atoms with E-state index in [4.69, 9.17) is 23.2 Å². The van der Waals surface area contributed by atoms with Crippen molar-refractivity contribution in [3.05, 3.63) is 58.1 Å². The SMILES string of the molecule is O=S(=O)(c1ccc(CN2CCN(S(=O)(=O)c3cc(Cl)ccc3Cl)CC2)cc1)C(F)F. The highest BCUT2D eigenvalue weighted by atomic mass is 35.5. The van der Waals surface area contributed by atoms with E-state index in [0.29, 0.717) is 19.6 Å². The van der Waals surface area contributed by atoms with Gasteiger partial charge in [0, 0.05) is 37.7 Å². The first-order valence-electron chi connectivity index (χ1n) is 8.80. The van der Waals surface area contributed by atoms with Crippen LogP contribution in [0, 0.1) is 0 Å². The molecule has 3 rings (SSSR count). The van der Waals surface area contributed by atoms with Crippen LogP contribution < -0.4 is 0 Å². The topological polar surface area (TPSA) is 74.8 Å². The normalized spacial score (nSPS) is 16.8. The summed E-state index contributed by atoms with van der Waals surface area (Å²) < 4.78 is 75.2. The van der Waals surface area contributed by atoms with Crippen molar-refractivity contribution >= 4 is 43.1 Å². The van der Waals surface area contributed by atoms with E-state index in [-0.39, 0.29) is 28.0 Å². The molecule has 0 spiro atoms. The lowest BCUT2D eigenvalue weighted by atomic mass is 10.2. The van der Waals surface area contributed by atoms with Gasteiger partial charge in [-0.1, -0.05) is 35.3 Å². The van der Waals surface area contributed by atoms with Crippen molar-refractivity contribution in [1.29, 1.82) is 0 Å². The fourth-order valence-electron chi connectivity index (χ4n) is 3.09. The van der Waals surface area contributed by atoms with Crippen molar-refractivity contribution in [3.8, 4) is 0 Å². The second-order valence-electron chi connectivity index (χ2n) is 6.70. The van der Waals surface area contributed by atoms with Crippen LogP contribution in [-0.2, 0) is 26.4 Å². The molecule has 0 atom stereocenters. The summed E-state index contributed by atoms with van der Waals surface area (Å²) in [6.45, 7) is 1.79. The van der Waals surface area contributed by atoms with E-state index in [0.717, 1.165) is 17.7 Å². The summed E-state index contributed by atoms with van der Waals surface area (Å²) in [7, 11) is -8.41. The van der Waals surface area contributed by atoms with Gasteiger partial charge in [0.2, 0.25) is 19.9 Å². The first-order valence-corrected chi connectivity index (χ1v) is 12.5. The van der Waals surface area contributed by atoms with Gasteiger partial charge < -0.3 is 0 Å². The lowest BCUT2D eigenvalue weighted by Crippen LogP contribution is -2.48. The maximum absolute atomic E-state index is 12.9. The average Bonchev–Trinajstić information content (AvgIpc) is 2.70. The molecule has 0 radical (unpaired) electrons. The molecule has 30 heavy (non-hydrogen) atoms. The Morgan fingerprint density at radius 3 is 2.07 bits per heavy atom. The van der Waals surface area contributed by atoms with Crippen LogP contribution in [-0.4, -0.2) is 58.0 Å². The standard InChI is InChI=1S/C18H18Cl2F2N2O4S2/c19-14-3-6-16(20)17(11-14)30(27,28)24-9-7-23(8-10-24)12-13-1-4-15(5-2-13)29(25,26)18(21)22/h1-6,11,18H,7-10,12H2. The third-order valence-corrected chi connectivity index (χ3v) is 8.75. The maximum atomic E-state index is 12.9. The zero-order valence-corrected chi connectivity index (χ0v) is 18.7. The summed E-state index contributed by atoms with van der Waals surface area (Å²) in [5, 5.41) is 0.370. The number of halogens is 4. The molecule has 0 amide bonds. The molecule has 0 aromatic heterocycles. The van der Waals surface area contributed by atoms with Crippen LogP contribution in [0.1, 0.15) is 5.56 Å². The molecule has 0 unspecified atom stereocenters. The zero-order valence-electron chi connectivity index (χ0n) is 15.5. The van der Waals surface area contributed by atoms with Crippen LogP contribution in [0.3, 0.4) is 0 Å². The minimum Gasteiger partial charge on any atom is -0.296 e. The molecule has 0 saturated carbocycles. The molecule has 1 heterocycles. The third kappa shape index (κ3) is 4.95. The number of nitrogens with zero attached hydrogens (tertiary/aromatic N) is 2. The molecule has 6 nitrogen and oxygen atoms in total. The van der Waals surface area contributed by atoms with Crippen LogP contribution in [0.25, 0.3) is 0 Å². The van der Waals surface area contributed by atoms with Gasteiger partial charge in [-0.15, -0.1) is 0 Å². The molecule has 0 N–H and O–H groups in total. The quantitative estimate of drug-likeness (QED) is 0.609. The molecule has 1 fully saturated rings. The van der Waals surface area contributed by atoms with Crippen LogP contribution in [0.4, 0.5) is 8.78 Å². The molecule has 0 bridgehead atoms. The highest BCUT2D eigenvalue weighted by Crippen LogP contribution is 2.28. The van der Waals surface area contributed by atoms with Gasteiger partial charge in [0.25, 0.3) is 0 Å². The summed E-state index contributed by atoms with van der Waals surface area (Å²) in [4.78, 5) is 1.51. The molecular formula is C18H18Cl2F2N2O4S2. The molecule has 1 saturated heterocycles. The van der Waals surface area contributed by atoms with Gasteiger partial charge in [-0.2, -0.15) is 13.1 Å². The summed E-state index contributed by atoms with van der Waals surface area (Å²) in [6.07, 6.45) is 0. The average molecular weight is 499 g/mol. The predicted molar refractivity (Wildman–Crippen MR) is 110 cm³/mol. The first-order chi connectivity index (χ1) is 14.0. The third-order valence-electron chi connectivity index (χ3n) is 4.73. The van der Waals surface area contributed by atoms with Crippen molar-refractivity contribution < 1.29 is 25.6 Å². The Bertz CT molecular complexity index is 1120. The number of hydrogen-bond acceptors (Lipinski definition) is 5. The van der Waals surface area contributed by atoms with Crippen molar-refractivity contribution in [2.75, 3.05) is 26.2 Å². The monoisotopic (exact) mass is 498 g/mol. The Hall–Kier alpha value is -1.30. The van der Waals surface area contributed by atoms with Gasteiger partial charge in [0.1, 0.15) is 4.90 Å². The lowest BCUT2D eigenvalue weighted by molar-refractivity contribution is 0.181. The first kappa shape index (κ1) is 23.4. The molecule has 1 aliphatic heterocycles. The summed E-state index contributed by atoms with van der Waals surface area (Å²) in [5.74, 6) is -3.47. The van der Waals surface area contributed by atoms with E-state index in [9.17, 15) is 25.6 Å². The summed E-state index contributed by atoms with van der Waals surface area (Å²) in [5.41, 5.74) is 0.734. The summed E-state index contributed by atoms with van der Waals surface area (Å²) in [6, 6.07) is 9.52. The van der Waals surface area contributed by atoms with E-state index in [1.54, 1.807) is 0 Å². The Kier molecular flexibility index (Phi) is 7.05. The number of sulfone groups is 1. The second kappa shape index (κ2) is 9.05. The smallest absolute Gasteiger partial charge is 0.296 e. The molecule has 0 aliphatic carbocycles. The van der Waals surface area contributed by atoms with Crippen LogP contribution in [0.2, 0.25) is 10.0 Å². The number of hydrogen-bond donors (Lipinski definition) is 0. The van der Waals surface area contributed by atoms with E-state index < -0.39 is 30.5 Å². The molecule has 2 aromatic carbocycles. The van der Waals surface area contributed by atoms with E-state index in [1.807, 2.05) is 4.90 Å². The number of alkyl halides is 2. The molecule has 1 aliphatic rings. The van der Waals surface area contributed by atoms with Crippen LogP contribution in [0.5, 0.6) is 0 Å². The van der Waals surface area contributed by atoms with Crippen LogP contribution >= 0.6 is 23.2 Å². The number of piperazine rings is 1. The van der Waals surface area contributed by atoms with Crippen molar-refractivity contribution in [2.45, 2.75) is 22.1 Å². The fraction of sp³-hybridized carbons (Fsp3) is 0.333. The Morgan fingerprint density at radius 2 is 1.50 bits per heavy atom. The number of benzene rings is 2. The van der Waals surface area contributed by atoms with E-state index in [1.165, 1.54) is 34.6 Å². The van der Waals surface area contributed by atoms with Gasteiger partial charge >= 0.3 is 5.76 Å². The zero-order chi connectivity index (χ0) is 22.1. The van der Waals surface area contributed by atoms with Gasteiger partial charge in [0.15, 0.2) is 0 Å². The fourth-order valence-corrected chi connectivity index (χ4v) is 5.97. The highest BCUT2D eigenvalue weighted by Gasteiger charge is 2.30. The Labute approximate surface area is 184 Å². The Morgan fingerprint density at radius 1 is 0.900 bits per heavy atom. The van der Waals surface area contributed by atoms with Gasteiger partial charge in [-0.25, -0.2) is 16.8 Å². The molecule has 164 valence electrons. The van der Waals surface area contributed by atoms with Crippen molar-refractivity contribution in [2.24, 2.45) is 0 Å². The van der Waals surface area contributed by atoms with Crippen molar-refractivity contribution in [1.82, 2.24) is 9.21 Å².